The van der Waals surface area contributed by atoms with E-state index in [4.69, 9.17) is 10.5 Å². The number of nitrogen functional groups attached to an aromatic ring is 1. The number of rotatable bonds is 8. The van der Waals surface area contributed by atoms with E-state index in [1.54, 1.807) is 19.1 Å². The molecule has 0 heterocycles. The molecule has 4 N–H and O–H groups in total. The molecule has 0 aliphatic carbocycles. The summed E-state index contributed by atoms with van der Waals surface area (Å²) in [4.78, 5) is 34.8. The Morgan fingerprint density at radius 1 is 1.16 bits per heavy atom. The molecule has 0 saturated carbocycles. The minimum Gasteiger partial charge on any atom is -0.466 e. The summed E-state index contributed by atoms with van der Waals surface area (Å²) in [5.41, 5.74) is 9.65. The minimum atomic E-state index is -0.414. The maximum Gasteiger partial charge on any atom is 0.336 e. The van der Waals surface area contributed by atoms with Gasteiger partial charge in [-0.2, -0.15) is 0 Å². The summed E-state index contributed by atoms with van der Waals surface area (Å²) in [6.45, 7) is 4.05. The molecule has 3 amide bonds. The monoisotopic (exact) mass is 350 g/mol. The van der Waals surface area contributed by atoms with Gasteiger partial charge in [0.15, 0.2) is 0 Å². The number of nitrogens with two attached hydrogens (primary N) is 1. The van der Waals surface area contributed by atoms with E-state index in [2.05, 4.69) is 10.7 Å². The lowest BCUT2D eigenvalue weighted by Crippen LogP contribution is -2.50. The highest BCUT2D eigenvalue weighted by molar-refractivity contribution is 5.79. The van der Waals surface area contributed by atoms with Crippen molar-refractivity contribution in [3.63, 3.8) is 0 Å². The van der Waals surface area contributed by atoms with Crippen molar-refractivity contribution in [3.05, 3.63) is 29.8 Å². The van der Waals surface area contributed by atoms with Crippen LogP contribution < -0.4 is 16.5 Å². The van der Waals surface area contributed by atoms with Gasteiger partial charge in [-0.05, 0) is 37.5 Å². The molecule has 0 aliphatic heterocycles. The number of nitrogens with zero attached hydrogens (tertiary/aromatic N) is 1. The van der Waals surface area contributed by atoms with Crippen LogP contribution in [0.4, 0.5) is 10.5 Å². The number of amides is 3. The van der Waals surface area contributed by atoms with Crippen molar-refractivity contribution < 1.29 is 19.1 Å². The molecular weight excluding hydrogens is 324 g/mol. The Kier molecular flexibility index (Phi) is 8.84. The number of nitrogens with one attached hydrogen (secondary N) is 2. The molecule has 1 aromatic rings. The second-order valence-electron chi connectivity index (χ2n) is 5.48. The van der Waals surface area contributed by atoms with Gasteiger partial charge in [0.2, 0.25) is 5.91 Å². The van der Waals surface area contributed by atoms with Crippen LogP contribution in [0.25, 0.3) is 0 Å². The number of hydrogen-bond donors (Lipinski definition) is 3. The Bertz CT molecular complexity index is 575. The maximum absolute atomic E-state index is 12.2. The topological polar surface area (TPSA) is 114 Å². The summed E-state index contributed by atoms with van der Waals surface area (Å²) in [6, 6.07) is 6.73. The third-order valence-electron chi connectivity index (χ3n) is 3.28. The zero-order valence-electron chi connectivity index (χ0n) is 14.7. The molecule has 0 aromatic heterocycles. The van der Waals surface area contributed by atoms with E-state index in [1.165, 1.54) is 11.9 Å². The van der Waals surface area contributed by atoms with Crippen LogP contribution in [0.2, 0.25) is 0 Å². The summed E-state index contributed by atoms with van der Waals surface area (Å²) >= 11 is 0. The van der Waals surface area contributed by atoms with E-state index in [9.17, 15) is 14.4 Å². The van der Waals surface area contributed by atoms with Crippen LogP contribution in [-0.2, 0) is 20.9 Å². The van der Waals surface area contributed by atoms with Gasteiger partial charge in [-0.15, -0.1) is 0 Å². The molecule has 0 aliphatic rings. The lowest BCUT2D eigenvalue weighted by molar-refractivity contribution is -0.143. The van der Waals surface area contributed by atoms with Gasteiger partial charge in [0.25, 0.3) is 0 Å². The van der Waals surface area contributed by atoms with Crippen molar-refractivity contribution in [3.8, 4) is 0 Å². The third-order valence-corrected chi connectivity index (χ3v) is 3.28. The van der Waals surface area contributed by atoms with Gasteiger partial charge >= 0.3 is 12.0 Å². The summed E-state index contributed by atoms with van der Waals surface area (Å²) < 4.78 is 4.85. The largest absolute Gasteiger partial charge is 0.466 e. The number of unbranched alkanes of at least 4 members (excludes halogenated alkanes) is 1. The Morgan fingerprint density at radius 3 is 2.44 bits per heavy atom. The van der Waals surface area contributed by atoms with Crippen molar-refractivity contribution in [1.82, 2.24) is 15.8 Å². The standard InChI is InChI=1S/C17H26N4O4/c1-3-25-16(23)6-4-5-11-21(20-13(2)22)17(24)19-12-14-7-9-15(18)10-8-14/h7-10H,3-6,11-12,18H2,1-2H3,(H,19,24)(H,20,22). The lowest BCUT2D eigenvalue weighted by atomic mass is 10.2. The number of carbonyl (C=O) groups excluding carboxylic acids is 3. The minimum absolute atomic E-state index is 0.263. The average Bonchev–Trinajstić information content (AvgIpc) is 2.56. The highest BCUT2D eigenvalue weighted by atomic mass is 16.5. The fraction of sp³-hybridized carbons (Fsp3) is 0.471. The Hall–Kier alpha value is -2.77. The number of urea groups is 1. The first kappa shape index (κ1) is 20.3. The number of benzene rings is 1. The molecule has 0 unspecified atom stereocenters. The van der Waals surface area contributed by atoms with Crippen molar-refractivity contribution in [2.45, 2.75) is 39.7 Å². The SMILES string of the molecule is CCOC(=O)CCCCN(NC(C)=O)C(=O)NCc1ccc(N)cc1. The summed E-state index contributed by atoms with van der Waals surface area (Å²) in [5.74, 6) is -0.602. The molecule has 25 heavy (non-hydrogen) atoms. The number of ether oxygens (including phenoxy) is 1. The first-order valence-electron chi connectivity index (χ1n) is 8.25. The smallest absolute Gasteiger partial charge is 0.336 e. The van der Waals surface area contributed by atoms with E-state index in [0.29, 0.717) is 38.2 Å². The number of anilines is 1. The zero-order valence-corrected chi connectivity index (χ0v) is 14.7. The van der Waals surface area contributed by atoms with E-state index < -0.39 is 6.03 Å². The van der Waals surface area contributed by atoms with Crippen LogP contribution in [0.5, 0.6) is 0 Å². The van der Waals surface area contributed by atoms with Gasteiger partial charge in [-0.3, -0.25) is 15.0 Å². The lowest BCUT2D eigenvalue weighted by Gasteiger charge is -2.23. The van der Waals surface area contributed by atoms with Crippen molar-refractivity contribution >= 4 is 23.6 Å². The second-order valence-corrected chi connectivity index (χ2v) is 5.48. The van der Waals surface area contributed by atoms with Crippen LogP contribution in [0.3, 0.4) is 0 Å². The third kappa shape index (κ3) is 8.59. The van der Waals surface area contributed by atoms with E-state index in [0.717, 1.165) is 5.56 Å². The van der Waals surface area contributed by atoms with Crippen molar-refractivity contribution in [2.75, 3.05) is 18.9 Å². The molecule has 0 saturated heterocycles. The highest BCUT2D eigenvalue weighted by Crippen LogP contribution is 2.05. The summed E-state index contributed by atoms with van der Waals surface area (Å²) in [5, 5.41) is 3.95. The molecule has 0 fully saturated rings. The van der Waals surface area contributed by atoms with Gasteiger partial charge in [0.05, 0.1) is 6.61 Å². The quantitative estimate of drug-likeness (QED) is 0.285. The second kappa shape index (κ2) is 10.9. The molecule has 138 valence electrons. The Labute approximate surface area is 147 Å². The van der Waals surface area contributed by atoms with Gasteiger partial charge in [-0.1, -0.05) is 12.1 Å². The van der Waals surface area contributed by atoms with Gasteiger partial charge in [0, 0.05) is 32.1 Å². The molecule has 8 heteroatoms. The van der Waals surface area contributed by atoms with Gasteiger partial charge in [-0.25, -0.2) is 9.80 Å². The zero-order chi connectivity index (χ0) is 18.7. The summed E-state index contributed by atoms with van der Waals surface area (Å²) in [7, 11) is 0. The normalized spacial score (nSPS) is 10.0. The van der Waals surface area contributed by atoms with Crippen molar-refractivity contribution in [2.24, 2.45) is 0 Å². The van der Waals surface area contributed by atoms with Crippen LogP contribution in [-0.4, -0.2) is 36.1 Å². The molecule has 1 aromatic carbocycles. The predicted octanol–water partition coefficient (Wildman–Crippen LogP) is 1.56. The molecule has 8 nitrogen and oxygen atoms in total. The van der Waals surface area contributed by atoms with Crippen LogP contribution >= 0.6 is 0 Å². The molecular formula is C17H26N4O4. The first-order chi connectivity index (χ1) is 11.9. The predicted molar refractivity (Wildman–Crippen MR) is 94.1 cm³/mol. The molecule has 1 rings (SSSR count). The molecule has 0 bridgehead atoms. The number of carbonyl (C=O) groups is 3. The van der Waals surface area contributed by atoms with Crippen molar-refractivity contribution in [1.29, 1.82) is 0 Å². The van der Waals surface area contributed by atoms with Gasteiger partial charge < -0.3 is 15.8 Å². The maximum atomic E-state index is 12.2. The fourth-order valence-electron chi connectivity index (χ4n) is 2.08. The van der Waals surface area contributed by atoms with Crippen LogP contribution in [0.1, 0.15) is 38.7 Å². The van der Waals surface area contributed by atoms with Crippen LogP contribution in [0, 0.1) is 0 Å². The number of hydrazine groups is 1. The van der Waals surface area contributed by atoms with E-state index in [1.807, 2.05) is 12.1 Å². The molecule has 0 radical (unpaired) electrons. The summed E-state index contributed by atoms with van der Waals surface area (Å²) in [6.07, 6.45) is 1.42. The highest BCUT2D eigenvalue weighted by Gasteiger charge is 2.14. The number of hydrogen-bond acceptors (Lipinski definition) is 5. The van der Waals surface area contributed by atoms with E-state index >= 15 is 0 Å². The Balaban J connectivity index is 2.44. The average molecular weight is 350 g/mol. The fourth-order valence-corrected chi connectivity index (χ4v) is 2.08. The number of esters is 1. The molecule has 0 atom stereocenters. The van der Waals surface area contributed by atoms with Gasteiger partial charge in [0.1, 0.15) is 0 Å². The first-order valence-corrected chi connectivity index (χ1v) is 8.25. The van der Waals surface area contributed by atoms with Crippen LogP contribution in [0.15, 0.2) is 24.3 Å². The Morgan fingerprint density at radius 2 is 1.84 bits per heavy atom. The van der Waals surface area contributed by atoms with E-state index in [-0.39, 0.29) is 18.3 Å². The molecule has 0 spiro atoms.